The standard InChI is InChI=1S/C21H26N4O3.2ClH/c1-25(19(26)17-7-11-22-12-8-17)18-5-3-16(4-6-18)15-24-20(27)21(28-2)9-13-23-14-10-21;;/h3-8,11-12,23H,9-10,13-15H2,1-2H3,(H,24,27);2*1H. The second-order valence-corrected chi connectivity index (χ2v) is 6.90. The van der Waals surface area contributed by atoms with E-state index < -0.39 is 5.60 Å². The van der Waals surface area contributed by atoms with Crippen LogP contribution >= 0.6 is 24.8 Å². The Morgan fingerprint density at radius 1 is 1.10 bits per heavy atom. The molecule has 1 saturated heterocycles. The summed E-state index contributed by atoms with van der Waals surface area (Å²) in [6.45, 7) is 1.96. The first-order chi connectivity index (χ1) is 13.6. The summed E-state index contributed by atoms with van der Waals surface area (Å²) in [4.78, 5) is 30.7. The molecule has 2 heterocycles. The Kier molecular flexibility index (Phi) is 10.2. The van der Waals surface area contributed by atoms with E-state index in [2.05, 4.69) is 15.6 Å². The van der Waals surface area contributed by atoms with Gasteiger partial charge < -0.3 is 20.3 Å². The van der Waals surface area contributed by atoms with Crippen molar-refractivity contribution in [3.8, 4) is 0 Å². The van der Waals surface area contributed by atoms with Gasteiger partial charge in [0.25, 0.3) is 11.8 Å². The molecule has 1 aliphatic heterocycles. The number of carbonyl (C=O) groups excluding carboxylic acids is 2. The lowest BCUT2D eigenvalue weighted by atomic mass is 9.91. The van der Waals surface area contributed by atoms with Crippen LogP contribution in [0.25, 0.3) is 0 Å². The minimum absolute atomic E-state index is 0. The number of hydrogen-bond donors (Lipinski definition) is 2. The van der Waals surface area contributed by atoms with Crippen molar-refractivity contribution in [2.24, 2.45) is 0 Å². The van der Waals surface area contributed by atoms with Gasteiger partial charge in [0.1, 0.15) is 5.60 Å². The quantitative estimate of drug-likeness (QED) is 0.700. The van der Waals surface area contributed by atoms with Crippen LogP contribution in [0.1, 0.15) is 28.8 Å². The molecule has 1 fully saturated rings. The highest BCUT2D eigenvalue weighted by Gasteiger charge is 2.39. The molecule has 1 aromatic heterocycles. The fourth-order valence-corrected chi connectivity index (χ4v) is 3.34. The van der Waals surface area contributed by atoms with E-state index in [-0.39, 0.29) is 36.6 Å². The molecular weight excluding hydrogens is 427 g/mol. The van der Waals surface area contributed by atoms with Crippen LogP contribution in [0.2, 0.25) is 0 Å². The predicted molar refractivity (Wildman–Crippen MR) is 122 cm³/mol. The van der Waals surface area contributed by atoms with Gasteiger partial charge in [-0.25, -0.2) is 0 Å². The van der Waals surface area contributed by atoms with Crippen LogP contribution in [0, 0.1) is 0 Å². The minimum atomic E-state index is -0.748. The van der Waals surface area contributed by atoms with Crippen LogP contribution in [-0.2, 0) is 16.1 Å². The van der Waals surface area contributed by atoms with Crippen molar-refractivity contribution < 1.29 is 14.3 Å². The molecule has 0 spiro atoms. The third kappa shape index (κ3) is 5.92. The van der Waals surface area contributed by atoms with Crippen LogP contribution < -0.4 is 15.5 Å². The SMILES string of the molecule is COC1(C(=O)NCc2ccc(N(C)C(=O)c3ccncc3)cc2)CCNCC1.Cl.Cl. The van der Waals surface area contributed by atoms with Crippen molar-refractivity contribution in [2.45, 2.75) is 25.0 Å². The average Bonchev–Trinajstić information content (AvgIpc) is 2.77. The molecule has 0 saturated carbocycles. The highest BCUT2D eigenvalue weighted by Crippen LogP contribution is 2.23. The molecule has 0 bridgehead atoms. The number of methoxy groups -OCH3 is 1. The fourth-order valence-electron chi connectivity index (χ4n) is 3.34. The van der Waals surface area contributed by atoms with Crippen molar-refractivity contribution in [2.75, 3.05) is 32.1 Å². The van der Waals surface area contributed by atoms with E-state index in [4.69, 9.17) is 4.74 Å². The summed E-state index contributed by atoms with van der Waals surface area (Å²) in [6, 6.07) is 10.9. The monoisotopic (exact) mass is 454 g/mol. The van der Waals surface area contributed by atoms with E-state index in [0.29, 0.717) is 24.9 Å². The number of benzene rings is 1. The largest absolute Gasteiger partial charge is 0.368 e. The first-order valence-electron chi connectivity index (χ1n) is 9.37. The summed E-state index contributed by atoms with van der Waals surface area (Å²) in [5, 5.41) is 6.22. The van der Waals surface area contributed by atoms with Gasteiger partial charge in [-0.2, -0.15) is 0 Å². The highest BCUT2D eigenvalue weighted by atomic mass is 35.5. The van der Waals surface area contributed by atoms with Crippen molar-refractivity contribution in [1.29, 1.82) is 0 Å². The maximum absolute atomic E-state index is 12.6. The van der Waals surface area contributed by atoms with Gasteiger partial charge >= 0.3 is 0 Å². The Labute approximate surface area is 189 Å². The number of ether oxygens (including phenoxy) is 1. The number of hydrogen-bond acceptors (Lipinski definition) is 5. The number of pyridine rings is 1. The molecule has 0 atom stereocenters. The van der Waals surface area contributed by atoms with Crippen LogP contribution in [0.15, 0.2) is 48.8 Å². The van der Waals surface area contributed by atoms with E-state index in [1.54, 1.807) is 43.6 Å². The number of piperidine rings is 1. The van der Waals surface area contributed by atoms with Gasteiger partial charge in [-0.1, -0.05) is 12.1 Å². The molecule has 2 N–H and O–H groups in total. The molecule has 0 unspecified atom stereocenters. The number of nitrogens with one attached hydrogen (secondary N) is 2. The Balaban J connectivity index is 0.00000225. The number of anilines is 1. The van der Waals surface area contributed by atoms with Crippen LogP contribution in [0.5, 0.6) is 0 Å². The lowest BCUT2D eigenvalue weighted by molar-refractivity contribution is -0.146. The third-order valence-corrected chi connectivity index (χ3v) is 5.22. The fraction of sp³-hybridized carbons (Fsp3) is 0.381. The molecule has 164 valence electrons. The second kappa shape index (κ2) is 11.9. The lowest BCUT2D eigenvalue weighted by Gasteiger charge is -2.34. The van der Waals surface area contributed by atoms with Crippen LogP contribution in [0.3, 0.4) is 0 Å². The lowest BCUT2D eigenvalue weighted by Crippen LogP contribution is -2.53. The molecule has 30 heavy (non-hydrogen) atoms. The molecule has 7 nitrogen and oxygen atoms in total. The number of halogens is 2. The molecule has 9 heteroatoms. The first-order valence-corrected chi connectivity index (χ1v) is 9.37. The summed E-state index contributed by atoms with van der Waals surface area (Å²) in [6.07, 6.45) is 4.52. The maximum atomic E-state index is 12.6. The van der Waals surface area contributed by atoms with Crippen LogP contribution in [0.4, 0.5) is 5.69 Å². The third-order valence-electron chi connectivity index (χ3n) is 5.22. The second-order valence-electron chi connectivity index (χ2n) is 6.90. The van der Waals surface area contributed by atoms with Gasteiger partial charge in [-0.3, -0.25) is 14.6 Å². The molecule has 0 aliphatic carbocycles. The van der Waals surface area contributed by atoms with Crippen molar-refractivity contribution in [3.05, 3.63) is 59.9 Å². The van der Waals surface area contributed by atoms with Crippen molar-refractivity contribution in [3.63, 3.8) is 0 Å². The van der Waals surface area contributed by atoms with E-state index in [0.717, 1.165) is 24.3 Å². The normalized spacial score (nSPS) is 14.6. The summed E-state index contributed by atoms with van der Waals surface area (Å²) in [7, 11) is 3.33. The molecule has 1 aromatic carbocycles. The Hall–Kier alpha value is -2.19. The van der Waals surface area contributed by atoms with Crippen molar-refractivity contribution in [1.82, 2.24) is 15.6 Å². The summed E-state index contributed by atoms with van der Waals surface area (Å²) < 4.78 is 5.55. The van der Waals surface area contributed by atoms with E-state index in [1.165, 1.54) is 0 Å². The summed E-state index contributed by atoms with van der Waals surface area (Å²) in [5.41, 5.74) is 1.58. The number of nitrogens with zero attached hydrogens (tertiary/aromatic N) is 2. The maximum Gasteiger partial charge on any atom is 0.258 e. The Morgan fingerprint density at radius 2 is 1.70 bits per heavy atom. The Morgan fingerprint density at radius 3 is 2.27 bits per heavy atom. The van der Waals surface area contributed by atoms with Gasteiger partial charge in [0.05, 0.1) is 0 Å². The number of aromatic nitrogens is 1. The van der Waals surface area contributed by atoms with Gasteiger partial charge in [0, 0.05) is 44.3 Å². The zero-order chi connectivity index (χ0) is 20.0. The molecule has 0 radical (unpaired) electrons. The van der Waals surface area contributed by atoms with E-state index >= 15 is 0 Å². The first kappa shape index (κ1) is 25.8. The number of amides is 2. The zero-order valence-electron chi connectivity index (χ0n) is 17.1. The van der Waals surface area contributed by atoms with E-state index in [1.807, 2.05) is 24.3 Å². The topological polar surface area (TPSA) is 83.6 Å². The van der Waals surface area contributed by atoms with E-state index in [9.17, 15) is 9.59 Å². The molecule has 3 rings (SSSR count). The molecule has 1 aliphatic rings. The molecule has 2 amide bonds. The van der Waals surface area contributed by atoms with Crippen LogP contribution in [-0.4, -0.2) is 49.6 Å². The van der Waals surface area contributed by atoms with Gasteiger partial charge in [-0.05, 0) is 55.8 Å². The van der Waals surface area contributed by atoms with Gasteiger partial charge in [-0.15, -0.1) is 24.8 Å². The number of rotatable bonds is 6. The van der Waals surface area contributed by atoms with Gasteiger partial charge in [0.15, 0.2) is 0 Å². The zero-order valence-corrected chi connectivity index (χ0v) is 18.7. The predicted octanol–water partition coefficient (Wildman–Crippen LogP) is 2.59. The summed E-state index contributed by atoms with van der Waals surface area (Å²) >= 11 is 0. The molecular formula is C21H28Cl2N4O3. The molecule has 2 aromatic rings. The number of carbonyl (C=O) groups is 2. The average molecular weight is 455 g/mol. The highest BCUT2D eigenvalue weighted by molar-refractivity contribution is 6.05. The van der Waals surface area contributed by atoms with Crippen molar-refractivity contribution >= 4 is 42.3 Å². The smallest absolute Gasteiger partial charge is 0.258 e. The minimum Gasteiger partial charge on any atom is -0.368 e. The van der Waals surface area contributed by atoms with Gasteiger partial charge in [0.2, 0.25) is 0 Å². The Bertz CT molecular complexity index is 813. The summed E-state index contributed by atoms with van der Waals surface area (Å²) in [5.74, 6) is -0.179.